The lowest BCUT2D eigenvalue weighted by atomic mass is 10.3. The van der Waals surface area contributed by atoms with E-state index >= 15 is 0 Å². The summed E-state index contributed by atoms with van der Waals surface area (Å²) in [6.45, 7) is 1.75. The first-order valence-corrected chi connectivity index (χ1v) is 5.98. The van der Waals surface area contributed by atoms with Crippen molar-refractivity contribution < 1.29 is 4.79 Å². The molecule has 0 atom stereocenters. The van der Waals surface area contributed by atoms with Crippen LogP contribution in [0.25, 0.3) is 11.0 Å². The Bertz CT molecular complexity index is 801. The highest BCUT2D eigenvalue weighted by molar-refractivity contribution is 5.92. The zero-order valence-corrected chi connectivity index (χ0v) is 10.8. The number of nitrogens with zero attached hydrogens (tertiary/aromatic N) is 5. The van der Waals surface area contributed by atoms with E-state index in [2.05, 4.69) is 15.2 Å². The van der Waals surface area contributed by atoms with Gasteiger partial charge in [-0.2, -0.15) is 9.90 Å². The van der Waals surface area contributed by atoms with Gasteiger partial charge in [0.1, 0.15) is 12.4 Å². The molecule has 0 unspecified atom stereocenters. The molecule has 1 aromatic carbocycles. The van der Waals surface area contributed by atoms with Crippen molar-refractivity contribution in [1.29, 1.82) is 0 Å². The molecule has 0 aliphatic rings. The van der Waals surface area contributed by atoms with Gasteiger partial charge in [-0.25, -0.2) is 4.98 Å². The molecule has 0 fully saturated rings. The van der Waals surface area contributed by atoms with Gasteiger partial charge in [-0.3, -0.25) is 9.36 Å². The van der Waals surface area contributed by atoms with Gasteiger partial charge in [0, 0.05) is 5.69 Å². The molecule has 20 heavy (non-hydrogen) atoms. The fourth-order valence-corrected chi connectivity index (χ4v) is 2.11. The summed E-state index contributed by atoms with van der Waals surface area (Å²) >= 11 is 0. The van der Waals surface area contributed by atoms with E-state index in [1.165, 1.54) is 15.6 Å². The Morgan fingerprint density at radius 3 is 2.85 bits per heavy atom. The normalized spacial score (nSPS) is 11.1. The molecule has 2 heterocycles. The molecule has 0 saturated heterocycles. The molecule has 3 rings (SSSR count). The van der Waals surface area contributed by atoms with Crippen molar-refractivity contribution in [2.75, 3.05) is 11.5 Å². The predicted octanol–water partition coefficient (Wildman–Crippen LogP) is 0.441. The summed E-state index contributed by atoms with van der Waals surface area (Å²) in [6.07, 6.45) is 1.39. The zero-order valence-electron chi connectivity index (χ0n) is 10.8. The quantitative estimate of drug-likeness (QED) is 0.653. The van der Waals surface area contributed by atoms with Gasteiger partial charge in [-0.15, -0.1) is 5.10 Å². The number of hydrogen-bond donors (Lipinski definition) is 2. The third kappa shape index (κ3) is 1.96. The molecule has 4 N–H and O–H groups in total. The fraction of sp³-hybridized carbons (Fsp3) is 0.167. The third-order valence-corrected chi connectivity index (χ3v) is 2.93. The van der Waals surface area contributed by atoms with Crippen molar-refractivity contribution in [3.05, 3.63) is 30.2 Å². The number of imidazole rings is 1. The van der Waals surface area contributed by atoms with Crippen LogP contribution in [-0.4, -0.2) is 30.5 Å². The van der Waals surface area contributed by atoms with Gasteiger partial charge >= 0.3 is 0 Å². The molecule has 8 heteroatoms. The van der Waals surface area contributed by atoms with Crippen molar-refractivity contribution in [2.24, 2.45) is 0 Å². The summed E-state index contributed by atoms with van der Waals surface area (Å²) in [5.41, 5.74) is 13.2. The number of carbonyl (C=O) groups excluding carboxylic acids is 1. The molecule has 0 radical (unpaired) electrons. The van der Waals surface area contributed by atoms with Crippen LogP contribution in [-0.2, 0) is 6.54 Å². The lowest BCUT2D eigenvalue weighted by Crippen LogP contribution is -2.20. The van der Waals surface area contributed by atoms with Crippen LogP contribution in [0.5, 0.6) is 0 Å². The lowest BCUT2D eigenvalue weighted by Gasteiger charge is -2.05. The summed E-state index contributed by atoms with van der Waals surface area (Å²) in [5, 5.41) is 7.79. The minimum atomic E-state index is -0.203. The van der Waals surface area contributed by atoms with E-state index in [9.17, 15) is 4.79 Å². The highest BCUT2D eigenvalue weighted by Gasteiger charge is 2.15. The molecule has 0 spiro atoms. The van der Waals surface area contributed by atoms with Crippen LogP contribution in [0.1, 0.15) is 10.6 Å². The standard InChI is InChI=1S/C12H13N7O/c1-7-16-9-3-2-8(13)4-10(9)19(7)12(20)6-18-15-5-11(14)17-18/h2-5H,6,13H2,1H3,(H2,14,17). The molecule has 0 aliphatic heterocycles. The number of aromatic nitrogens is 5. The topological polar surface area (TPSA) is 118 Å². The van der Waals surface area contributed by atoms with Crippen LogP contribution >= 0.6 is 0 Å². The first kappa shape index (κ1) is 12.2. The van der Waals surface area contributed by atoms with Crippen molar-refractivity contribution in [3.8, 4) is 0 Å². The van der Waals surface area contributed by atoms with E-state index < -0.39 is 0 Å². The SMILES string of the molecule is Cc1nc2ccc(N)cc2n1C(=O)Cn1ncc(N)n1. The molecular formula is C12H13N7O. The number of anilines is 2. The van der Waals surface area contributed by atoms with Crippen molar-refractivity contribution >= 4 is 28.4 Å². The lowest BCUT2D eigenvalue weighted by molar-refractivity contribution is 0.0883. The van der Waals surface area contributed by atoms with E-state index in [4.69, 9.17) is 11.5 Å². The summed E-state index contributed by atoms with van der Waals surface area (Å²) in [4.78, 5) is 18.0. The minimum absolute atomic E-state index is 0.0156. The van der Waals surface area contributed by atoms with Gasteiger partial charge in [0.15, 0.2) is 5.82 Å². The van der Waals surface area contributed by atoms with Gasteiger partial charge in [-0.05, 0) is 25.1 Å². The summed E-state index contributed by atoms with van der Waals surface area (Å²) in [7, 11) is 0. The van der Waals surface area contributed by atoms with E-state index in [1.807, 2.05) is 0 Å². The maximum Gasteiger partial charge on any atom is 0.256 e. The molecule has 2 aromatic heterocycles. The first-order valence-electron chi connectivity index (χ1n) is 5.98. The van der Waals surface area contributed by atoms with Crippen LogP contribution in [0.3, 0.4) is 0 Å². The maximum absolute atomic E-state index is 12.4. The van der Waals surface area contributed by atoms with Gasteiger partial charge in [0.2, 0.25) is 0 Å². The van der Waals surface area contributed by atoms with Crippen LogP contribution in [0.4, 0.5) is 11.5 Å². The van der Waals surface area contributed by atoms with E-state index in [0.29, 0.717) is 17.0 Å². The number of nitrogen functional groups attached to an aromatic ring is 2. The minimum Gasteiger partial charge on any atom is -0.399 e. The highest BCUT2D eigenvalue weighted by Crippen LogP contribution is 2.19. The van der Waals surface area contributed by atoms with Gasteiger partial charge in [-0.1, -0.05) is 0 Å². The molecule has 102 valence electrons. The number of hydrogen-bond acceptors (Lipinski definition) is 6. The number of rotatable bonds is 2. The molecule has 0 saturated carbocycles. The number of aryl methyl sites for hydroxylation is 1. The monoisotopic (exact) mass is 271 g/mol. The Hall–Kier alpha value is -2.90. The Balaban J connectivity index is 2.02. The maximum atomic E-state index is 12.4. The highest BCUT2D eigenvalue weighted by atomic mass is 16.2. The van der Waals surface area contributed by atoms with E-state index in [0.717, 1.165) is 5.52 Å². The number of carbonyl (C=O) groups is 1. The molecule has 0 bridgehead atoms. The largest absolute Gasteiger partial charge is 0.399 e. The summed E-state index contributed by atoms with van der Waals surface area (Å²) < 4.78 is 1.51. The Morgan fingerprint density at radius 1 is 1.35 bits per heavy atom. The van der Waals surface area contributed by atoms with Gasteiger partial charge in [0.05, 0.1) is 17.2 Å². The van der Waals surface area contributed by atoms with Crippen LogP contribution < -0.4 is 11.5 Å². The number of fused-ring (bicyclic) bond motifs is 1. The van der Waals surface area contributed by atoms with Crippen molar-refractivity contribution in [1.82, 2.24) is 24.5 Å². The number of benzene rings is 1. The second-order valence-corrected chi connectivity index (χ2v) is 4.44. The second-order valence-electron chi connectivity index (χ2n) is 4.44. The predicted molar refractivity (Wildman–Crippen MR) is 73.9 cm³/mol. The Kier molecular flexibility index (Phi) is 2.63. The van der Waals surface area contributed by atoms with Crippen LogP contribution in [0, 0.1) is 6.92 Å². The third-order valence-electron chi connectivity index (χ3n) is 2.93. The average Bonchev–Trinajstić information content (AvgIpc) is 2.91. The molecular weight excluding hydrogens is 258 g/mol. The molecule has 0 amide bonds. The first-order chi connectivity index (χ1) is 9.54. The molecule has 8 nitrogen and oxygen atoms in total. The summed E-state index contributed by atoms with van der Waals surface area (Å²) in [6, 6.07) is 5.25. The van der Waals surface area contributed by atoms with Gasteiger partial charge in [0.25, 0.3) is 5.91 Å². The average molecular weight is 271 g/mol. The van der Waals surface area contributed by atoms with Crippen molar-refractivity contribution in [2.45, 2.75) is 13.5 Å². The number of nitrogens with two attached hydrogens (primary N) is 2. The van der Waals surface area contributed by atoms with E-state index in [1.54, 1.807) is 25.1 Å². The smallest absolute Gasteiger partial charge is 0.256 e. The van der Waals surface area contributed by atoms with Crippen LogP contribution in [0.2, 0.25) is 0 Å². The molecule has 0 aliphatic carbocycles. The van der Waals surface area contributed by atoms with Gasteiger partial charge < -0.3 is 11.5 Å². The zero-order chi connectivity index (χ0) is 14.3. The second kappa shape index (κ2) is 4.34. The summed E-state index contributed by atoms with van der Waals surface area (Å²) in [5.74, 6) is 0.663. The Morgan fingerprint density at radius 2 is 2.15 bits per heavy atom. The van der Waals surface area contributed by atoms with Crippen LogP contribution in [0.15, 0.2) is 24.4 Å². The van der Waals surface area contributed by atoms with E-state index in [-0.39, 0.29) is 18.3 Å². The van der Waals surface area contributed by atoms with Crippen molar-refractivity contribution in [3.63, 3.8) is 0 Å². The fourth-order valence-electron chi connectivity index (χ4n) is 2.11. The molecule has 3 aromatic rings. The Labute approximate surface area is 114 Å².